The molecule has 0 aliphatic heterocycles. The van der Waals surface area contributed by atoms with Gasteiger partial charge in [-0.1, -0.05) is 0 Å². The summed E-state index contributed by atoms with van der Waals surface area (Å²) in [6, 6.07) is -4.13. The SMILES string of the molecule is NC(CS)C(=O)NC(CO)C(=O)NC(CC(=O)O)C(=O)NCC(=O)O. The number of nitrogens with two attached hydrogens (primary N) is 1. The number of hydrogen-bond donors (Lipinski definition) is 8. The minimum Gasteiger partial charge on any atom is -0.481 e. The molecule has 0 spiro atoms. The van der Waals surface area contributed by atoms with E-state index in [1.165, 1.54) is 0 Å². The summed E-state index contributed by atoms with van der Waals surface area (Å²) in [5.74, 6) is -5.70. The second kappa shape index (κ2) is 11.2. The maximum atomic E-state index is 12.0. The number of aliphatic hydroxyl groups excluding tert-OH is 1. The Kier molecular flexibility index (Phi) is 10.2. The molecular formula is C12H20N4O8S. The number of amides is 3. The van der Waals surface area contributed by atoms with Gasteiger partial charge >= 0.3 is 11.9 Å². The summed E-state index contributed by atoms with van der Waals surface area (Å²) in [6.07, 6.45) is -0.834. The summed E-state index contributed by atoms with van der Waals surface area (Å²) in [6.45, 7) is -1.62. The van der Waals surface area contributed by atoms with Gasteiger partial charge in [0.2, 0.25) is 17.7 Å². The predicted molar refractivity (Wildman–Crippen MR) is 85.7 cm³/mol. The van der Waals surface area contributed by atoms with Gasteiger partial charge in [-0.2, -0.15) is 12.6 Å². The van der Waals surface area contributed by atoms with E-state index >= 15 is 0 Å². The largest absolute Gasteiger partial charge is 0.481 e. The third-order valence-electron chi connectivity index (χ3n) is 2.77. The van der Waals surface area contributed by atoms with E-state index in [4.69, 9.17) is 15.9 Å². The number of carboxylic acid groups (broad SMARTS) is 2. The molecule has 0 bridgehead atoms. The molecule has 0 aromatic heterocycles. The Balaban J connectivity index is 4.96. The Labute approximate surface area is 147 Å². The monoisotopic (exact) mass is 380 g/mol. The lowest BCUT2D eigenvalue weighted by Crippen LogP contribution is -2.57. The van der Waals surface area contributed by atoms with Crippen molar-refractivity contribution in [2.45, 2.75) is 24.5 Å². The predicted octanol–water partition coefficient (Wildman–Crippen LogP) is -4.12. The van der Waals surface area contributed by atoms with E-state index in [9.17, 15) is 29.1 Å². The zero-order valence-electron chi connectivity index (χ0n) is 13.0. The number of rotatable bonds is 11. The number of hydrogen-bond acceptors (Lipinski definition) is 8. The summed E-state index contributed by atoms with van der Waals surface area (Å²) in [5, 5.41) is 32.5. The van der Waals surface area contributed by atoms with Crippen LogP contribution in [0.1, 0.15) is 6.42 Å². The highest BCUT2D eigenvalue weighted by molar-refractivity contribution is 7.80. The van der Waals surface area contributed by atoms with Crippen LogP contribution < -0.4 is 21.7 Å². The number of aliphatic carboxylic acids is 2. The van der Waals surface area contributed by atoms with Crippen LogP contribution in [0.2, 0.25) is 0 Å². The number of thiol groups is 1. The van der Waals surface area contributed by atoms with Crippen LogP contribution in [-0.4, -0.2) is 82.0 Å². The van der Waals surface area contributed by atoms with Gasteiger partial charge in [-0.15, -0.1) is 0 Å². The molecule has 8 N–H and O–H groups in total. The maximum Gasteiger partial charge on any atom is 0.322 e. The normalized spacial score (nSPS) is 13.9. The van der Waals surface area contributed by atoms with Crippen molar-refractivity contribution in [3.8, 4) is 0 Å². The van der Waals surface area contributed by atoms with Gasteiger partial charge < -0.3 is 37.0 Å². The number of nitrogens with one attached hydrogen (secondary N) is 3. The average Bonchev–Trinajstić information content (AvgIpc) is 2.54. The Morgan fingerprint density at radius 2 is 1.48 bits per heavy atom. The summed E-state index contributed by atoms with van der Waals surface area (Å²) in [4.78, 5) is 56.6. The molecule has 3 atom stereocenters. The summed E-state index contributed by atoms with van der Waals surface area (Å²) in [7, 11) is 0. The lowest BCUT2D eigenvalue weighted by atomic mass is 10.1. The molecular weight excluding hydrogens is 360 g/mol. The van der Waals surface area contributed by atoms with Gasteiger partial charge in [0.15, 0.2) is 0 Å². The molecule has 3 unspecified atom stereocenters. The van der Waals surface area contributed by atoms with Gasteiger partial charge in [0.05, 0.1) is 19.1 Å². The highest BCUT2D eigenvalue weighted by Crippen LogP contribution is 1.96. The van der Waals surface area contributed by atoms with Crippen molar-refractivity contribution in [3.63, 3.8) is 0 Å². The molecule has 0 radical (unpaired) electrons. The Morgan fingerprint density at radius 3 is 1.92 bits per heavy atom. The van der Waals surface area contributed by atoms with E-state index in [-0.39, 0.29) is 5.75 Å². The highest BCUT2D eigenvalue weighted by atomic mass is 32.1. The van der Waals surface area contributed by atoms with Gasteiger partial charge in [-0.05, 0) is 0 Å². The van der Waals surface area contributed by atoms with Crippen LogP contribution in [0.5, 0.6) is 0 Å². The van der Waals surface area contributed by atoms with Gasteiger partial charge in [0.1, 0.15) is 18.6 Å². The Bertz CT molecular complexity index is 529. The van der Waals surface area contributed by atoms with Crippen LogP contribution in [0.4, 0.5) is 0 Å². The number of carboxylic acids is 2. The average molecular weight is 380 g/mol. The molecule has 3 amide bonds. The Morgan fingerprint density at radius 1 is 0.920 bits per heavy atom. The first-order chi connectivity index (χ1) is 11.6. The third kappa shape index (κ3) is 8.88. The molecule has 0 rings (SSSR count). The topological polar surface area (TPSA) is 208 Å². The summed E-state index contributed by atoms with van der Waals surface area (Å²) < 4.78 is 0. The van der Waals surface area contributed by atoms with Gasteiger partial charge in [-0.3, -0.25) is 24.0 Å². The van der Waals surface area contributed by atoms with E-state index < -0.39 is 67.4 Å². The van der Waals surface area contributed by atoms with Crippen molar-refractivity contribution in [1.82, 2.24) is 16.0 Å². The minimum atomic E-state index is -1.60. The Hall–Kier alpha value is -2.38. The molecule has 0 aliphatic carbocycles. The van der Waals surface area contributed by atoms with Crippen LogP contribution >= 0.6 is 12.6 Å². The molecule has 0 heterocycles. The van der Waals surface area contributed by atoms with Crippen molar-refractivity contribution in [2.24, 2.45) is 5.73 Å². The van der Waals surface area contributed by atoms with Crippen LogP contribution in [0, 0.1) is 0 Å². The van der Waals surface area contributed by atoms with Crippen LogP contribution in [0.25, 0.3) is 0 Å². The minimum absolute atomic E-state index is 0.0230. The molecule has 0 saturated heterocycles. The van der Waals surface area contributed by atoms with E-state index in [1.807, 2.05) is 10.6 Å². The van der Waals surface area contributed by atoms with Crippen molar-refractivity contribution in [1.29, 1.82) is 0 Å². The first-order valence-electron chi connectivity index (χ1n) is 6.91. The number of carbonyl (C=O) groups is 5. The van der Waals surface area contributed by atoms with Crippen molar-refractivity contribution in [3.05, 3.63) is 0 Å². The molecule has 0 aromatic rings. The maximum absolute atomic E-state index is 12.0. The van der Waals surface area contributed by atoms with Crippen molar-refractivity contribution >= 4 is 42.3 Å². The highest BCUT2D eigenvalue weighted by Gasteiger charge is 2.29. The summed E-state index contributed by atoms with van der Waals surface area (Å²) >= 11 is 3.80. The molecule has 142 valence electrons. The van der Waals surface area contributed by atoms with Crippen LogP contribution in [0.15, 0.2) is 0 Å². The van der Waals surface area contributed by atoms with E-state index in [2.05, 4.69) is 17.9 Å². The second-order valence-electron chi connectivity index (χ2n) is 4.80. The lowest BCUT2D eigenvalue weighted by Gasteiger charge is -2.21. The van der Waals surface area contributed by atoms with E-state index in [1.54, 1.807) is 0 Å². The smallest absolute Gasteiger partial charge is 0.322 e. The molecule has 12 nitrogen and oxygen atoms in total. The van der Waals surface area contributed by atoms with E-state index in [0.717, 1.165) is 0 Å². The van der Waals surface area contributed by atoms with Crippen molar-refractivity contribution < 1.29 is 39.3 Å². The third-order valence-corrected chi connectivity index (χ3v) is 3.17. The molecule has 13 heteroatoms. The van der Waals surface area contributed by atoms with Gasteiger partial charge in [0.25, 0.3) is 0 Å². The van der Waals surface area contributed by atoms with Crippen LogP contribution in [0.3, 0.4) is 0 Å². The second-order valence-corrected chi connectivity index (χ2v) is 5.17. The molecule has 0 saturated carbocycles. The number of aliphatic hydroxyl groups is 1. The van der Waals surface area contributed by atoms with Gasteiger partial charge in [-0.25, -0.2) is 0 Å². The van der Waals surface area contributed by atoms with Crippen LogP contribution in [-0.2, 0) is 24.0 Å². The van der Waals surface area contributed by atoms with Crippen molar-refractivity contribution in [2.75, 3.05) is 18.9 Å². The quantitative estimate of drug-likeness (QED) is 0.163. The first-order valence-corrected chi connectivity index (χ1v) is 7.54. The van der Waals surface area contributed by atoms with Gasteiger partial charge in [0, 0.05) is 5.75 Å². The molecule has 0 fully saturated rings. The first kappa shape index (κ1) is 22.6. The fourth-order valence-electron chi connectivity index (χ4n) is 1.50. The molecule has 0 aliphatic rings. The molecule has 0 aromatic carbocycles. The fraction of sp³-hybridized carbons (Fsp3) is 0.583. The zero-order valence-corrected chi connectivity index (χ0v) is 13.9. The lowest BCUT2D eigenvalue weighted by molar-refractivity contribution is -0.141. The molecule has 25 heavy (non-hydrogen) atoms. The zero-order chi connectivity index (χ0) is 19.6. The number of carbonyl (C=O) groups excluding carboxylic acids is 3. The standard InChI is InChI=1S/C12H20N4O8S/c13-5(4-25)10(22)16-7(3-17)12(24)15-6(1-8(18)19)11(23)14-2-9(20)21/h5-7,17,25H,1-4,13H2,(H,14,23)(H,15,24)(H,16,22)(H,18,19)(H,20,21). The summed E-state index contributed by atoms with van der Waals surface area (Å²) in [5.41, 5.74) is 5.40. The fourth-order valence-corrected chi connectivity index (χ4v) is 1.66. The van der Waals surface area contributed by atoms with E-state index in [0.29, 0.717) is 0 Å².